The highest BCUT2D eigenvalue weighted by atomic mass is 16.3. The minimum absolute atomic E-state index is 0.134. The number of rotatable bonds is 6. The summed E-state index contributed by atoms with van der Waals surface area (Å²) < 4.78 is 0. The van der Waals surface area contributed by atoms with E-state index >= 15 is 0 Å². The molecule has 0 unspecified atom stereocenters. The second-order valence-corrected chi connectivity index (χ2v) is 13.1. The van der Waals surface area contributed by atoms with Crippen LogP contribution in [0.3, 0.4) is 0 Å². The predicted molar refractivity (Wildman–Crippen MR) is 125 cm³/mol. The van der Waals surface area contributed by atoms with E-state index in [1.807, 2.05) is 0 Å². The number of aliphatic hydroxyl groups excluding tert-OH is 2. The van der Waals surface area contributed by atoms with E-state index in [0.717, 1.165) is 48.3 Å². The van der Waals surface area contributed by atoms with Crippen LogP contribution >= 0.6 is 0 Å². The molecule has 4 saturated carbocycles. The van der Waals surface area contributed by atoms with Gasteiger partial charge in [-0.25, -0.2) is 0 Å². The molecular formula is C28H50O2. The minimum Gasteiger partial charge on any atom is -0.396 e. The van der Waals surface area contributed by atoms with Gasteiger partial charge in [0.25, 0.3) is 0 Å². The van der Waals surface area contributed by atoms with Gasteiger partial charge in [0.1, 0.15) is 0 Å². The minimum atomic E-state index is -0.134. The van der Waals surface area contributed by atoms with Gasteiger partial charge < -0.3 is 10.2 Å². The van der Waals surface area contributed by atoms with E-state index in [1.165, 1.54) is 57.8 Å². The molecule has 0 aromatic heterocycles. The van der Waals surface area contributed by atoms with Crippen molar-refractivity contribution in [1.82, 2.24) is 0 Å². The van der Waals surface area contributed by atoms with E-state index < -0.39 is 0 Å². The van der Waals surface area contributed by atoms with Crippen LogP contribution in [-0.2, 0) is 0 Å². The molecule has 10 atom stereocenters. The van der Waals surface area contributed by atoms with Gasteiger partial charge in [0, 0.05) is 6.61 Å². The van der Waals surface area contributed by atoms with Gasteiger partial charge in [-0.3, -0.25) is 0 Å². The average Bonchev–Trinajstić information content (AvgIpc) is 3.05. The molecule has 4 rings (SSSR count). The molecule has 0 aliphatic heterocycles. The quantitative estimate of drug-likeness (QED) is 0.504. The lowest BCUT2D eigenvalue weighted by molar-refractivity contribution is -0.158. The van der Waals surface area contributed by atoms with Gasteiger partial charge in [-0.1, -0.05) is 53.9 Å². The fraction of sp³-hybridized carbons (Fsp3) is 1.00. The third-order valence-electron chi connectivity index (χ3n) is 11.3. The van der Waals surface area contributed by atoms with Gasteiger partial charge in [0.05, 0.1) is 6.10 Å². The second-order valence-electron chi connectivity index (χ2n) is 13.1. The van der Waals surface area contributed by atoms with Crippen molar-refractivity contribution in [3.8, 4) is 0 Å². The largest absolute Gasteiger partial charge is 0.396 e. The maximum atomic E-state index is 10.4. The molecule has 0 amide bonds. The first-order valence-corrected chi connectivity index (χ1v) is 13.5. The zero-order valence-corrected chi connectivity index (χ0v) is 20.6. The first kappa shape index (κ1) is 23.1. The highest BCUT2D eigenvalue weighted by molar-refractivity contribution is 5.11. The lowest BCUT2D eigenvalue weighted by Crippen LogP contribution is -2.57. The summed E-state index contributed by atoms with van der Waals surface area (Å²) in [7, 11) is 0. The maximum Gasteiger partial charge on any atom is 0.0543 e. The lowest BCUT2D eigenvalue weighted by atomic mass is 9.42. The number of aliphatic hydroxyl groups is 2. The lowest BCUT2D eigenvalue weighted by Gasteiger charge is -2.63. The Bertz CT molecular complexity index is 587. The summed E-state index contributed by atoms with van der Waals surface area (Å²) in [5.41, 5.74) is 0.869. The smallest absolute Gasteiger partial charge is 0.0543 e. The van der Waals surface area contributed by atoms with Gasteiger partial charge in [0.15, 0.2) is 0 Å². The standard InChI is InChI=1S/C28H50O2/c1-18(2)7-6-8-19(3)23-9-10-24-22-15-20(17-29)26-16-21(30)11-13-28(26,5)25(22)12-14-27(23,24)4/h18-26,29-30H,6-17H2,1-5H3/t19-,20+,21+,22-,23-,24+,25+,26+,27-,28+/m0/s1. The van der Waals surface area contributed by atoms with E-state index in [2.05, 4.69) is 34.6 Å². The molecule has 0 spiro atoms. The molecule has 174 valence electrons. The van der Waals surface area contributed by atoms with Gasteiger partial charge in [-0.15, -0.1) is 0 Å². The van der Waals surface area contributed by atoms with E-state index in [1.54, 1.807) is 0 Å². The van der Waals surface area contributed by atoms with Gasteiger partial charge in [-0.2, -0.15) is 0 Å². The molecule has 0 radical (unpaired) electrons. The zero-order valence-electron chi connectivity index (χ0n) is 20.6. The zero-order chi connectivity index (χ0) is 21.7. The number of hydrogen-bond donors (Lipinski definition) is 2. The molecule has 30 heavy (non-hydrogen) atoms. The molecule has 4 fully saturated rings. The van der Waals surface area contributed by atoms with Crippen LogP contribution in [0.5, 0.6) is 0 Å². The molecule has 0 saturated heterocycles. The third kappa shape index (κ3) is 3.81. The van der Waals surface area contributed by atoms with Crippen LogP contribution in [-0.4, -0.2) is 22.9 Å². The van der Waals surface area contributed by atoms with E-state index in [9.17, 15) is 10.2 Å². The Balaban J connectivity index is 1.52. The SMILES string of the molecule is CC(C)CCC[C@H](C)[C@@H]1CC[C@@H]2[C@@H]3C[C@H](CO)[C@H]4C[C@H](O)CC[C@]4(C)[C@@H]3CC[C@]21C. The Morgan fingerprint density at radius 2 is 1.53 bits per heavy atom. The summed E-state index contributed by atoms with van der Waals surface area (Å²) in [5.74, 6) is 6.05. The second kappa shape index (κ2) is 8.69. The van der Waals surface area contributed by atoms with Crippen LogP contribution in [0.15, 0.2) is 0 Å². The van der Waals surface area contributed by atoms with Gasteiger partial charge in [0.2, 0.25) is 0 Å². The summed E-state index contributed by atoms with van der Waals surface area (Å²) in [6, 6.07) is 0. The Morgan fingerprint density at radius 3 is 2.23 bits per heavy atom. The van der Waals surface area contributed by atoms with Crippen LogP contribution in [0.4, 0.5) is 0 Å². The van der Waals surface area contributed by atoms with Crippen LogP contribution in [0.25, 0.3) is 0 Å². The molecule has 2 nitrogen and oxygen atoms in total. The Labute approximate surface area is 186 Å². The topological polar surface area (TPSA) is 40.5 Å². The van der Waals surface area contributed by atoms with Crippen molar-refractivity contribution in [2.45, 2.75) is 111 Å². The van der Waals surface area contributed by atoms with Crippen molar-refractivity contribution >= 4 is 0 Å². The van der Waals surface area contributed by atoms with Crippen LogP contribution in [0, 0.1) is 58.2 Å². The van der Waals surface area contributed by atoms with Gasteiger partial charge >= 0.3 is 0 Å². The fourth-order valence-corrected chi connectivity index (χ4v) is 9.71. The molecule has 4 aliphatic rings. The average molecular weight is 419 g/mol. The first-order valence-electron chi connectivity index (χ1n) is 13.5. The summed E-state index contributed by atoms with van der Waals surface area (Å²) in [6.07, 6.45) is 14.1. The molecule has 0 aromatic carbocycles. The Morgan fingerprint density at radius 1 is 0.833 bits per heavy atom. The molecule has 0 bridgehead atoms. The van der Waals surface area contributed by atoms with Crippen LogP contribution in [0.2, 0.25) is 0 Å². The summed E-state index contributed by atoms with van der Waals surface area (Å²) in [6.45, 7) is 12.8. The van der Waals surface area contributed by atoms with Crippen LogP contribution in [0.1, 0.15) is 105 Å². The Hall–Kier alpha value is -0.0800. The van der Waals surface area contributed by atoms with E-state index in [4.69, 9.17) is 0 Å². The van der Waals surface area contributed by atoms with Crippen molar-refractivity contribution < 1.29 is 10.2 Å². The highest BCUT2D eigenvalue weighted by Gasteiger charge is 2.62. The molecular weight excluding hydrogens is 368 g/mol. The summed E-state index contributed by atoms with van der Waals surface area (Å²) in [4.78, 5) is 0. The highest BCUT2D eigenvalue weighted by Crippen LogP contribution is 2.69. The summed E-state index contributed by atoms with van der Waals surface area (Å²) >= 11 is 0. The summed E-state index contributed by atoms with van der Waals surface area (Å²) in [5, 5.41) is 20.7. The molecule has 2 N–H and O–H groups in total. The number of fused-ring (bicyclic) bond motifs is 5. The van der Waals surface area contributed by atoms with Crippen molar-refractivity contribution in [3.05, 3.63) is 0 Å². The van der Waals surface area contributed by atoms with Crippen molar-refractivity contribution in [2.75, 3.05) is 6.61 Å². The maximum absolute atomic E-state index is 10.4. The number of hydrogen-bond acceptors (Lipinski definition) is 2. The monoisotopic (exact) mass is 418 g/mol. The molecule has 2 heteroatoms. The Kier molecular flexibility index (Phi) is 6.69. The fourth-order valence-electron chi connectivity index (χ4n) is 9.71. The predicted octanol–water partition coefficient (Wildman–Crippen LogP) is 6.69. The van der Waals surface area contributed by atoms with Crippen molar-refractivity contribution in [3.63, 3.8) is 0 Å². The molecule has 4 aliphatic carbocycles. The van der Waals surface area contributed by atoms with Gasteiger partial charge in [-0.05, 0) is 110 Å². The van der Waals surface area contributed by atoms with Crippen LogP contribution < -0.4 is 0 Å². The van der Waals surface area contributed by atoms with E-state index in [-0.39, 0.29) is 6.10 Å². The van der Waals surface area contributed by atoms with Crippen molar-refractivity contribution in [1.29, 1.82) is 0 Å². The first-order chi connectivity index (χ1) is 14.2. The van der Waals surface area contributed by atoms with Crippen molar-refractivity contribution in [2.24, 2.45) is 58.2 Å². The normalized spacial score (nSPS) is 49.4. The van der Waals surface area contributed by atoms with E-state index in [0.29, 0.717) is 29.3 Å². The molecule has 0 heterocycles. The molecule has 0 aromatic rings. The third-order valence-corrected chi connectivity index (χ3v) is 11.3.